The van der Waals surface area contributed by atoms with Crippen LogP contribution < -0.4 is 10.3 Å². The number of aryl methyl sites for hydroxylation is 2. The zero-order valence-electron chi connectivity index (χ0n) is 11.3. The minimum Gasteiger partial charge on any atom is -0.466 e. The van der Waals surface area contributed by atoms with Crippen LogP contribution in [0.5, 0.6) is 0 Å². The van der Waals surface area contributed by atoms with E-state index in [1.807, 2.05) is 4.83 Å². The summed E-state index contributed by atoms with van der Waals surface area (Å²) >= 11 is 5.74. The van der Waals surface area contributed by atoms with Crippen molar-refractivity contribution in [2.45, 2.75) is 18.7 Å². The number of halogens is 1. The number of rotatable bonds is 4. The van der Waals surface area contributed by atoms with E-state index in [2.05, 4.69) is 5.43 Å². The first-order valence-electron chi connectivity index (χ1n) is 5.94. The van der Waals surface area contributed by atoms with Gasteiger partial charge in [0.25, 0.3) is 15.9 Å². The molecule has 0 radical (unpaired) electrons. The summed E-state index contributed by atoms with van der Waals surface area (Å²) < 4.78 is 29.2. The number of sulfonamides is 1. The third-order valence-electron chi connectivity index (χ3n) is 2.69. The number of furan rings is 1. The van der Waals surface area contributed by atoms with Crippen LogP contribution >= 0.6 is 11.6 Å². The molecular weight excluding hydrogens is 316 g/mol. The quantitative estimate of drug-likeness (QED) is 0.842. The van der Waals surface area contributed by atoms with Crippen molar-refractivity contribution in [3.8, 4) is 0 Å². The molecule has 0 bridgehead atoms. The lowest BCUT2D eigenvalue weighted by atomic mass is 10.2. The van der Waals surface area contributed by atoms with Gasteiger partial charge in [0.2, 0.25) is 0 Å². The minimum atomic E-state index is -3.89. The molecule has 6 nitrogen and oxygen atoms in total. The second-order valence-corrected chi connectivity index (χ2v) is 6.46. The van der Waals surface area contributed by atoms with E-state index in [0.717, 1.165) is 0 Å². The highest BCUT2D eigenvalue weighted by Crippen LogP contribution is 2.15. The van der Waals surface area contributed by atoms with Crippen molar-refractivity contribution in [2.24, 2.45) is 0 Å². The van der Waals surface area contributed by atoms with Crippen molar-refractivity contribution in [1.82, 2.24) is 10.3 Å². The Labute approximate surface area is 127 Å². The first-order chi connectivity index (χ1) is 9.79. The summed E-state index contributed by atoms with van der Waals surface area (Å²) in [6.45, 7) is 3.31. The second-order valence-electron chi connectivity index (χ2n) is 4.34. The Bertz CT molecular complexity index is 783. The van der Waals surface area contributed by atoms with Crippen molar-refractivity contribution < 1.29 is 17.6 Å². The summed E-state index contributed by atoms with van der Waals surface area (Å²) in [5, 5.41) is 0.283. The van der Waals surface area contributed by atoms with Gasteiger partial charge in [-0.2, -0.15) is 0 Å². The largest absolute Gasteiger partial charge is 0.466 e. The van der Waals surface area contributed by atoms with E-state index in [0.29, 0.717) is 11.5 Å². The van der Waals surface area contributed by atoms with E-state index >= 15 is 0 Å². The van der Waals surface area contributed by atoms with Gasteiger partial charge >= 0.3 is 0 Å². The van der Waals surface area contributed by atoms with Gasteiger partial charge in [0.15, 0.2) is 0 Å². The third kappa shape index (κ3) is 3.63. The molecule has 8 heteroatoms. The fraction of sp³-hybridized carbons (Fsp3) is 0.154. The number of hydrazine groups is 1. The third-order valence-corrected chi connectivity index (χ3v) is 4.17. The van der Waals surface area contributed by atoms with Crippen LogP contribution in [-0.4, -0.2) is 14.3 Å². The smallest absolute Gasteiger partial charge is 0.269 e. The molecule has 0 aliphatic heterocycles. The average molecular weight is 329 g/mol. The monoisotopic (exact) mass is 328 g/mol. The Balaban J connectivity index is 2.12. The molecule has 0 atom stereocenters. The Morgan fingerprint density at radius 3 is 2.52 bits per heavy atom. The first-order valence-corrected chi connectivity index (χ1v) is 7.80. The van der Waals surface area contributed by atoms with Crippen molar-refractivity contribution in [1.29, 1.82) is 0 Å². The number of carbonyl (C=O) groups is 1. The molecule has 1 heterocycles. The number of hydrogen-bond acceptors (Lipinski definition) is 4. The molecule has 2 rings (SSSR count). The van der Waals surface area contributed by atoms with Gasteiger partial charge in [0.1, 0.15) is 11.5 Å². The summed E-state index contributed by atoms with van der Waals surface area (Å²) in [6.07, 6.45) is 0. The zero-order chi connectivity index (χ0) is 15.6. The van der Waals surface area contributed by atoms with Crippen molar-refractivity contribution >= 4 is 27.5 Å². The second kappa shape index (κ2) is 5.88. The van der Waals surface area contributed by atoms with Gasteiger partial charge in [-0.25, -0.2) is 8.42 Å². The van der Waals surface area contributed by atoms with E-state index < -0.39 is 15.9 Å². The van der Waals surface area contributed by atoms with Crippen molar-refractivity contribution in [3.63, 3.8) is 0 Å². The molecule has 112 valence electrons. The van der Waals surface area contributed by atoms with E-state index in [4.69, 9.17) is 16.0 Å². The normalized spacial score (nSPS) is 11.4. The van der Waals surface area contributed by atoms with Gasteiger partial charge in [-0.15, -0.1) is 4.83 Å². The maximum absolute atomic E-state index is 12.0. The Morgan fingerprint density at radius 1 is 1.24 bits per heavy atom. The Kier molecular flexibility index (Phi) is 4.36. The van der Waals surface area contributed by atoms with E-state index in [1.165, 1.54) is 24.3 Å². The molecule has 2 N–H and O–H groups in total. The van der Waals surface area contributed by atoms with Crippen LogP contribution in [0.4, 0.5) is 0 Å². The summed E-state index contributed by atoms with van der Waals surface area (Å²) in [5.74, 6) is 0.372. The lowest BCUT2D eigenvalue weighted by Gasteiger charge is -2.08. The van der Waals surface area contributed by atoms with Gasteiger partial charge in [0, 0.05) is 5.02 Å². The lowest BCUT2D eigenvalue weighted by molar-refractivity contribution is 0.0943. The van der Waals surface area contributed by atoms with E-state index in [1.54, 1.807) is 19.9 Å². The van der Waals surface area contributed by atoms with Crippen LogP contribution in [0, 0.1) is 13.8 Å². The molecule has 1 amide bonds. The van der Waals surface area contributed by atoms with Gasteiger partial charge in [-0.3, -0.25) is 10.2 Å². The highest BCUT2D eigenvalue weighted by molar-refractivity contribution is 7.89. The molecule has 2 aromatic rings. The highest BCUT2D eigenvalue weighted by atomic mass is 35.5. The fourth-order valence-corrected chi connectivity index (χ4v) is 2.87. The predicted octanol–water partition coefficient (Wildman–Crippen LogP) is 2.17. The fourth-order valence-electron chi connectivity index (χ4n) is 1.73. The molecule has 0 unspecified atom stereocenters. The van der Waals surface area contributed by atoms with Gasteiger partial charge in [-0.1, -0.05) is 17.7 Å². The molecule has 0 fully saturated rings. The number of benzene rings is 1. The molecule has 0 aliphatic carbocycles. The number of hydrogen-bond donors (Lipinski definition) is 2. The van der Waals surface area contributed by atoms with Crippen LogP contribution in [0.1, 0.15) is 21.9 Å². The zero-order valence-corrected chi connectivity index (χ0v) is 12.9. The maximum atomic E-state index is 12.0. The summed E-state index contributed by atoms with van der Waals surface area (Å²) in [4.78, 5) is 13.9. The van der Waals surface area contributed by atoms with Crippen LogP contribution in [0.15, 0.2) is 39.6 Å². The SMILES string of the molecule is Cc1cc(C(=O)NNS(=O)(=O)c2cccc(Cl)c2)c(C)o1. The number of carbonyl (C=O) groups excluding carboxylic acids is 1. The molecular formula is C13H13ClN2O4S. The van der Waals surface area contributed by atoms with Crippen LogP contribution in [0.2, 0.25) is 5.02 Å². The van der Waals surface area contributed by atoms with Crippen molar-refractivity contribution in [3.05, 3.63) is 52.4 Å². The number of amides is 1. The van der Waals surface area contributed by atoms with E-state index in [9.17, 15) is 13.2 Å². The summed E-state index contributed by atoms with van der Waals surface area (Å²) in [5.41, 5.74) is 2.40. The number of nitrogens with one attached hydrogen (secondary N) is 2. The molecule has 0 saturated heterocycles. The molecule has 0 aliphatic rings. The van der Waals surface area contributed by atoms with Crippen molar-refractivity contribution in [2.75, 3.05) is 0 Å². The maximum Gasteiger partial charge on any atom is 0.269 e. The molecule has 1 aromatic heterocycles. The minimum absolute atomic E-state index is 0.0459. The molecule has 0 spiro atoms. The van der Waals surface area contributed by atoms with Crippen LogP contribution in [0.3, 0.4) is 0 Å². The Morgan fingerprint density at radius 2 is 1.95 bits per heavy atom. The molecule has 0 saturated carbocycles. The van der Waals surface area contributed by atoms with Gasteiger partial charge in [0.05, 0.1) is 10.5 Å². The topological polar surface area (TPSA) is 88.4 Å². The molecule has 21 heavy (non-hydrogen) atoms. The van der Waals surface area contributed by atoms with Gasteiger partial charge < -0.3 is 4.42 Å². The average Bonchev–Trinajstić information content (AvgIpc) is 2.75. The summed E-state index contributed by atoms with van der Waals surface area (Å²) in [7, 11) is -3.89. The van der Waals surface area contributed by atoms with Crippen LogP contribution in [-0.2, 0) is 10.0 Å². The predicted molar refractivity (Wildman–Crippen MR) is 77.4 cm³/mol. The molecule has 1 aromatic carbocycles. The Hall–Kier alpha value is -1.83. The lowest BCUT2D eigenvalue weighted by Crippen LogP contribution is -2.41. The first kappa shape index (κ1) is 15.6. The van der Waals surface area contributed by atoms with Gasteiger partial charge in [-0.05, 0) is 38.1 Å². The van der Waals surface area contributed by atoms with E-state index in [-0.39, 0.29) is 15.5 Å². The highest BCUT2D eigenvalue weighted by Gasteiger charge is 2.18. The standard InChI is InChI=1S/C13H13ClN2O4S/c1-8-6-12(9(2)20-8)13(17)15-16-21(18,19)11-5-3-4-10(14)7-11/h3-7,16H,1-2H3,(H,15,17). The van der Waals surface area contributed by atoms with Crippen LogP contribution in [0.25, 0.3) is 0 Å². The summed E-state index contributed by atoms with van der Waals surface area (Å²) in [6, 6.07) is 7.23.